The van der Waals surface area contributed by atoms with E-state index in [-0.39, 0.29) is 0 Å². The minimum atomic E-state index is -0.924. The number of aliphatic imine (C=N–C) groups is 1. The summed E-state index contributed by atoms with van der Waals surface area (Å²) in [7, 11) is 0. The second kappa shape index (κ2) is 13.2. The molecule has 5 nitrogen and oxygen atoms in total. The van der Waals surface area contributed by atoms with Crippen LogP contribution in [-0.4, -0.2) is 40.1 Å². The lowest BCUT2D eigenvalue weighted by atomic mass is 10.3. The van der Waals surface area contributed by atoms with Crippen LogP contribution >= 0.6 is 23.5 Å². The largest absolute Gasteiger partial charge is 0.455 e. The first-order chi connectivity index (χ1) is 14.1. The monoisotopic (exact) mass is 429 g/mol. The van der Waals surface area contributed by atoms with Crippen molar-refractivity contribution in [1.82, 2.24) is 10.3 Å². The van der Waals surface area contributed by atoms with Gasteiger partial charge in [-0.05, 0) is 24.0 Å². The maximum atomic E-state index is 10.2. The summed E-state index contributed by atoms with van der Waals surface area (Å²) in [6.07, 6.45) is 12.3. The van der Waals surface area contributed by atoms with Crippen LogP contribution in [0.4, 0.5) is 0 Å². The summed E-state index contributed by atoms with van der Waals surface area (Å²) in [5.41, 5.74) is 1.29. The van der Waals surface area contributed by atoms with E-state index in [4.69, 9.17) is 4.42 Å². The number of rotatable bonds is 13. The van der Waals surface area contributed by atoms with Crippen LogP contribution in [0.5, 0.6) is 0 Å². The minimum absolute atomic E-state index is 0.362. The molecule has 2 rings (SSSR count). The summed E-state index contributed by atoms with van der Waals surface area (Å²) < 4.78 is 5.58. The number of aliphatic hydroxyl groups excluding tert-OH is 1. The van der Waals surface area contributed by atoms with Gasteiger partial charge in [0.15, 0.2) is 11.8 Å². The molecular weight excluding hydrogens is 402 g/mol. The second-order valence-corrected chi connectivity index (χ2v) is 8.31. The normalized spacial score (nSPS) is 13.5. The predicted octanol–water partition coefficient (Wildman–Crippen LogP) is 5.11. The molecule has 1 atom stereocenters. The van der Waals surface area contributed by atoms with E-state index in [1.165, 1.54) is 4.91 Å². The lowest BCUT2D eigenvalue weighted by molar-refractivity contribution is 0.119. The Morgan fingerprint density at radius 1 is 1.45 bits per heavy atom. The highest BCUT2D eigenvalue weighted by atomic mass is 32.2. The number of allylic oxidation sites excluding steroid dienone is 3. The molecule has 2 heterocycles. The van der Waals surface area contributed by atoms with Crippen LogP contribution in [0, 0.1) is 0 Å². The molecule has 0 aliphatic carbocycles. The van der Waals surface area contributed by atoms with Crippen molar-refractivity contribution in [2.45, 2.75) is 13.2 Å². The first-order valence-electron chi connectivity index (χ1n) is 9.29. The fourth-order valence-corrected chi connectivity index (χ4v) is 3.76. The summed E-state index contributed by atoms with van der Waals surface area (Å²) in [5, 5.41) is 14.1. The molecule has 1 unspecified atom stereocenters. The molecule has 2 N–H and O–H groups in total. The number of nitrogens with one attached hydrogen (secondary N) is 1. The van der Waals surface area contributed by atoms with Crippen molar-refractivity contribution >= 4 is 40.7 Å². The molecule has 29 heavy (non-hydrogen) atoms. The average molecular weight is 430 g/mol. The Bertz CT molecular complexity index is 854. The Morgan fingerprint density at radius 3 is 3.07 bits per heavy atom. The summed E-state index contributed by atoms with van der Waals surface area (Å²) >= 11 is 3.59. The summed E-state index contributed by atoms with van der Waals surface area (Å²) in [6.45, 7) is 10.1. The van der Waals surface area contributed by atoms with Gasteiger partial charge in [0.1, 0.15) is 5.76 Å². The quantitative estimate of drug-likeness (QED) is 0.200. The van der Waals surface area contributed by atoms with Crippen LogP contribution in [0.1, 0.15) is 18.9 Å². The smallest absolute Gasteiger partial charge is 0.164 e. The highest BCUT2D eigenvalue weighted by molar-refractivity contribution is 8.03. The van der Waals surface area contributed by atoms with E-state index < -0.39 is 6.23 Å². The molecule has 0 bridgehead atoms. The lowest BCUT2D eigenvalue weighted by Gasteiger charge is -2.09. The van der Waals surface area contributed by atoms with Crippen LogP contribution < -0.4 is 5.32 Å². The van der Waals surface area contributed by atoms with E-state index in [9.17, 15) is 5.11 Å². The maximum absolute atomic E-state index is 10.2. The molecule has 0 spiro atoms. The number of pyridine rings is 1. The molecule has 0 saturated carbocycles. The number of furan rings is 1. The third-order valence-electron chi connectivity index (χ3n) is 3.69. The molecule has 0 saturated heterocycles. The Balaban J connectivity index is 1.69. The first-order valence-corrected chi connectivity index (χ1v) is 11.4. The second-order valence-electron chi connectivity index (χ2n) is 5.90. The van der Waals surface area contributed by atoms with Crippen molar-refractivity contribution in [2.75, 3.05) is 23.8 Å². The Hall–Kier alpha value is -2.06. The van der Waals surface area contributed by atoms with E-state index in [2.05, 4.69) is 47.5 Å². The molecule has 7 heteroatoms. The Labute approximate surface area is 180 Å². The third-order valence-corrected chi connectivity index (χ3v) is 5.40. The Kier molecular flexibility index (Phi) is 10.6. The van der Waals surface area contributed by atoms with Crippen molar-refractivity contribution in [1.29, 1.82) is 0 Å². The predicted molar refractivity (Wildman–Crippen MR) is 127 cm³/mol. The van der Waals surface area contributed by atoms with E-state index in [1.807, 2.05) is 30.1 Å². The summed E-state index contributed by atoms with van der Waals surface area (Å²) in [4.78, 5) is 9.58. The number of aromatic nitrogens is 1. The molecule has 0 amide bonds. The zero-order valence-corrected chi connectivity index (χ0v) is 18.2. The number of fused-ring (bicyclic) bond motifs is 1. The van der Waals surface area contributed by atoms with Gasteiger partial charge in [-0.2, -0.15) is 11.8 Å². The fraction of sp³-hybridized carbons (Fsp3) is 0.273. The van der Waals surface area contributed by atoms with E-state index in [0.717, 1.165) is 22.6 Å². The van der Waals surface area contributed by atoms with Gasteiger partial charge in [0.25, 0.3) is 0 Å². The number of hydrogen-bond donors (Lipinski definition) is 2. The first kappa shape index (κ1) is 23.2. The molecule has 2 aromatic rings. The zero-order chi connectivity index (χ0) is 20.9. The molecule has 154 valence electrons. The van der Waals surface area contributed by atoms with E-state index in [0.29, 0.717) is 23.6 Å². The van der Waals surface area contributed by atoms with Gasteiger partial charge >= 0.3 is 0 Å². The average Bonchev–Trinajstić information content (AvgIpc) is 3.17. The van der Waals surface area contributed by atoms with Crippen LogP contribution in [0.15, 0.2) is 82.0 Å². The topological polar surface area (TPSA) is 70.7 Å². The van der Waals surface area contributed by atoms with Gasteiger partial charge in [0.2, 0.25) is 0 Å². The number of thioether (sulfide) groups is 2. The van der Waals surface area contributed by atoms with E-state index in [1.54, 1.807) is 36.3 Å². The van der Waals surface area contributed by atoms with Gasteiger partial charge in [0, 0.05) is 46.5 Å². The standard InChI is InChI=1S/C22H27N3O2S2/c1-4-6-7-19(29-5-2)9-12-28-13-11-24-17(3)15-25-22(26)20-14-18-8-10-23-16-21(18)27-20/h4,6-11,14,16,22,25-26H,1,3,5,12-13,15H2,2H3/b7-6-,19-9+,24-11?. The number of aliphatic hydroxyl groups is 1. The van der Waals surface area contributed by atoms with Gasteiger partial charge in [-0.15, -0.1) is 11.8 Å². The number of hydrogen-bond acceptors (Lipinski definition) is 7. The van der Waals surface area contributed by atoms with Crippen molar-refractivity contribution in [3.05, 3.63) is 78.4 Å². The van der Waals surface area contributed by atoms with Crippen LogP contribution in [0.2, 0.25) is 0 Å². The van der Waals surface area contributed by atoms with Crippen LogP contribution in [0.25, 0.3) is 11.0 Å². The van der Waals surface area contributed by atoms with Gasteiger partial charge in [-0.25, -0.2) is 0 Å². The highest BCUT2D eigenvalue weighted by Crippen LogP contribution is 2.22. The highest BCUT2D eigenvalue weighted by Gasteiger charge is 2.12. The van der Waals surface area contributed by atoms with Crippen LogP contribution in [0.3, 0.4) is 0 Å². The molecular formula is C22H27N3O2S2. The van der Waals surface area contributed by atoms with Crippen LogP contribution in [-0.2, 0) is 0 Å². The van der Waals surface area contributed by atoms with Gasteiger partial charge in [0.05, 0.1) is 6.20 Å². The lowest BCUT2D eigenvalue weighted by Crippen LogP contribution is -2.22. The van der Waals surface area contributed by atoms with E-state index >= 15 is 0 Å². The SMILES string of the molecule is C=C/C=C\C(=C/CSCC=NC(=C)CNC(O)c1cc2ccncc2o1)SCC. The number of nitrogens with zero attached hydrogens (tertiary/aromatic N) is 2. The molecule has 0 radical (unpaired) electrons. The summed E-state index contributed by atoms with van der Waals surface area (Å²) in [5.74, 6) is 3.20. The molecule has 0 aromatic carbocycles. The minimum Gasteiger partial charge on any atom is -0.455 e. The molecule has 2 aromatic heterocycles. The van der Waals surface area contributed by atoms with Gasteiger partial charge in [-0.1, -0.05) is 38.3 Å². The van der Waals surface area contributed by atoms with Crippen molar-refractivity contribution in [3.8, 4) is 0 Å². The fourth-order valence-electron chi connectivity index (χ4n) is 2.33. The van der Waals surface area contributed by atoms with Gasteiger partial charge < -0.3 is 9.52 Å². The zero-order valence-electron chi connectivity index (χ0n) is 16.6. The molecule has 0 fully saturated rings. The maximum Gasteiger partial charge on any atom is 0.164 e. The third kappa shape index (κ3) is 8.45. The van der Waals surface area contributed by atoms with Crippen molar-refractivity contribution in [2.24, 2.45) is 4.99 Å². The van der Waals surface area contributed by atoms with Crippen molar-refractivity contribution < 1.29 is 9.52 Å². The molecule has 0 aliphatic heterocycles. The van der Waals surface area contributed by atoms with Gasteiger partial charge in [-0.3, -0.25) is 15.3 Å². The Morgan fingerprint density at radius 2 is 2.31 bits per heavy atom. The molecule has 0 aliphatic rings. The summed E-state index contributed by atoms with van der Waals surface area (Å²) in [6, 6.07) is 3.63. The van der Waals surface area contributed by atoms with Crippen molar-refractivity contribution in [3.63, 3.8) is 0 Å².